The van der Waals surface area contributed by atoms with Gasteiger partial charge in [-0.05, 0) is 23.6 Å². The number of aromatic nitrogens is 1. The molecule has 164 valence electrons. The molecule has 7 heteroatoms. The van der Waals surface area contributed by atoms with E-state index in [0.29, 0.717) is 31.6 Å². The maximum absolute atomic E-state index is 12.9. The number of hydrogen-bond acceptors (Lipinski definition) is 4. The molecule has 1 unspecified atom stereocenters. The van der Waals surface area contributed by atoms with Crippen LogP contribution in [0, 0.1) is 0 Å². The number of carbonyl (C=O) groups excluding carboxylic acids is 3. The molecule has 0 spiro atoms. The molecule has 0 saturated carbocycles. The first kappa shape index (κ1) is 20.5. The smallest absolute Gasteiger partial charge is 0.327 e. The lowest BCUT2D eigenvalue weighted by Gasteiger charge is -2.28. The van der Waals surface area contributed by atoms with Crippen LogP contribution in [0.5, 0.6) is 0 Å². The Morgan fingerprint density at radius 1 is 1.09 bits per heavy atom. The third kappa shape index (κ3) is 3.12. The zero-order valence-electron chi connectivity index (χ0n) is 18.0. The van der Waals surface area contributed by atoms with Crippen LogP contribution in [0.3, 0.4) is 0 Å². The fraction of sp³-hybridized carbons (Fsp3) is 0.320. The second kappa shape index (κ2) is 7.91. The van der Waals surface area contributed by atoms with Crippen molar-refractivity contribution in [3.05, 3.63) is 70.9 Å². The van der Waals surface area contributed by atoms with E-state index >= 15 is 0 Å². The number of aliphatic hydroxyl groups excluding tert-OH is 1. The molecule has 1 saturated heterocycles. The fourth-order valence-corrected chi connectivity index (χ4v) is 4.94. The lowest BCUT2D eigenvalue weighted by atomic mass is 9.97. The van der Waals surface area contributed by atoms with Crippen LogP contribution >= 0.6 is 0 Å². The van der Waals surface area contributed by atoms with Crippen molar-refractivity contribution in [2.75, 3.05) is 13.2 Å². The maximum atomic E-state index is 12.9. The first-order valence-electron chi connectivity index (χ1n) is 11.0. The molecule has 2 aliphatic rings. The van der Waals surface area contributed by atoms with Gasteiger partial charge in [0.1, 0.15) is 12.6 Å². The summed E-state index contributed by atoms with van der Waals surface area (Å²) in [4.78, 5) is 40.7. The van der Waals surface area contributed by atoms with E-state index < -0.39 is 12.6 Å². The second-order valence-electron chi connectivity index (χ2n) is 8.43. The average molecular weight is 431 g/mol. The topological polar surface area (TPSA) is 82.8 Å². The summed E-state index contributed by atoms with van der Waals surface area (Å²) in [6, 6.07) is 14.8. The number of nitrogens with zero attached hydrogens (tertiary/aromatic N) is 3. The van der Waals surface area contributed by atoms with Crippen molar-refractivity contribution in [2.24, 2.45) is 0 Å². The molecule has 7 nitrogen and oxygen atoms in total. The minimum absolute atomic E-state index is 0.0940. The quantitative estimate of drug-likeness (QED) is 0.481. The summed E-state index contributed by atoms with van der Waals surface area (Å²) in [6.45, 7) is 2.90. The number of aliphatic hydroxyl groups is 1. The number of fused-ring (bicyclic) bond motifs is 4. The van der Waals surface area contributed by atoms with Gasteiger partial charge in [-0.3, -0.25) is 14.5 Å². The fourth-order valence-electron chi connectivity index (χ4n) is 4.94. The lowest BCUT2D eigenvalue weighted by molar-refractivity contribution is -0.128. The van der Waals surface area contributed by atoms with Gasteiger partial charge < -0.3 is 14.6 Å². The van der Waals surface area contributed by atoms with Gasteiger partial charge >= 0.3 is 6.03 Å². The van der Waals surface area contributed by atoms with Gasteiger partial charge in [0, 0.05) is 41.7 Å². The minimum atomic E-state index is -0.506. The Hall–Kier alpha value is -3.45. The van der Waals surface area contributed by atoms with Crippen LogP contribution < -0.4 is 0 Å². The summed E-state index contributed by atoms with van der Waals surface area (Å²) in [5, 5.41) is 10.2. The van der Waals surface area contributed by atoms with E-state index in [4.69, 9.17) is 5.11 Å². The van der Waals surface area contributed by atoms with E-state index in [2.05, 4.69) is 16.7 Å². The molecule has 1 aromatic heterocycles. The van der Waals surface area contributed by atoms with Gasteiger partial charge in [-0.2, -0.15) is 0 Å². The van der Waals surface area contributed by atoms with Gasteiger partial charge in [-0.25, -0.2) is 4.79 Å². The number of urea groups is 1. The molecule has 3 heterocycles. The molecule has 32 heavy (non-hydrogen) atoms. The molecule has 0 aliphatic carbocycles. The Morgan fingerprint density at radius 2 is 1.84 bits per heavy atom. The third-order valence-corrected chi connectivity index (χ3v) is 6.52. The van der Waals surface area contributed by atoms with E-state index in [0.717, 1.165) is 34.1 Å². The highest BCUT2D eigenvalue weighted by Crippen LogP contribution is 2.36. The Labute approximate surface area is 185 Å². The third-order valence-electron chi connectivity index (χ3n) is 6.52. The zero-order valence-corrected chi connectivity index (χ0v) is 18.0. The maximum Gasteiger partial charge on any atom is 0.327 e. The molecule has 1 N–H and O–H groups in total. The molecule has 2 aliphatic heterocycles. The molecule has 1 fully saturated rings. The van der Waals surface area contributed by atoms with Gasteiger partial charge in [0.25, 0.3) is 5.91 Å². The van der Waals surface area contributed by atoms with Crippen LogP contribution in [0.15, 0.2) is 48.5 Å². The molecule has 2 aromatic carbocycles. The molecule has 3 amide bonds. The highest BCUT2D eigenvalue weighted by atomic mass is 16.3. The van der Waals surface area contributed by atoms with E-state index in [-0.39, 0.29) is 17.7 Å². The summed E-state index contributed by atoms with van der Waals surface area (Å²) < 4.78 is 2.21. The summed E-state index contributed by atoms with van der Waals surface area (Å²) in [5.74, 6) is -0.399. The standard InChI is InChI=1S/C25H25N3O4/c1-2-11-26-24(31)21-12-19-18-5-3-4-6-20(18)27(22(19)14-28(21)25(26)32)13-16-7-9-17(10-8-16)23(30)15-29/h3-10,21,29H,2,11-15H2,1H3. The SMILES string of the molecule is CCCN1C(=O)C2Cc3c(n(Cc4ccc(C(=O)CO)cc4)c4ccccc34)CN2C1=O. The zero-order chi connectivity index (χ0) is 22.4. The number of imide groups is 1. The summed E-state index contributed by atoms with van der Waals surface area (Å²) in [6.07, 6.45) is 1.27. The molecule has 0 radical (unpaired) electrons. The molecule has 1 atom stereocenters. The highest BCUT2D eigenvalue weighted by molar-refractivity contribution is 6.05. The largest absolute Gasteiger partial charge is 0.388 e. The van der Waals surface area contributed by atoms with Crippen molar-refractivity contribution in [1.29, 1.82) is 0 Å². The van der Waals surface area contributed by atoms with Crippen molar-refractivity contribution in [1.82, 2.24) is 14.4 Å². The second-order valence-corrected chi connectivity index (χ2v) is 8.43. The van der Waals surface area contributed by atoms with E-state index in [1.807, 2.05) is 31.2 Å². The van der Waals surface area contributed by atoms with E-state index in [1.54, 1.807) is 17.0 Å². The number of hydrogen-bond donors (Lipinski definition) is 1. The summed E-state index contributed by atoms with van der Waals surface area (Å²) in [5.41, 5.74) is 4.75. The van der Waals surface area contributed by atoms with E-state index in [1.165, 1.54) is 4.90 Å². The van der Waals surface area contributed by atoms with Crippen LogP contribution in [-0.4, -0.2) is 56.4 Å². The Bertz CT molecular complexity index is 1230. The number of rotatable bonds is 6. The van der Waals surface area contributed by atoms with Gasteiger partial charge in [-0.15, -0.1) is 0 Å². The molecule has 3 aromatic rings. The summed E-state index contributed by atoms with van der Waals surface area (Å²) >= 11 is 0. The van der Waals surface area contributed by atoms with Gasteiger partial charge in [0.05, 0.1) is 6.54 Å². The number of amides is 3. The predicted molar refractivity (Wildman–Crippen MR) is 119 cm³/mol. The van der Waals surface area contributed by atoms with Crippen LogP contribution in [0.1, 0.15) is 40.5 Å². The number of carbonyl (C=O) groups is 3. The van der Waals surface area contributed by atoms with E-state index in [9.17, 15) is 14.4 Å². The number of ketones is 1. The van der Waals surface area contributed by atoms with Crippen molar-refractivity contribution in [2.45, 2.75) is 38.9 Å². The number of benzene rings is 2. The Balaban J connectivity index is 1.53. The average Bonchev–Trinajstić information content (AvgIpc) is 3.25. The van der Waals surface area contributed by atoms with Gasteiger partial charge in [0.15, 0.2) is 5.78 Å². The van der Waals surface area contributed by atoms with Crippen molar-refractivity contribution in [3.63, 3.8) is 0 Å². The minimum Gasteiger partial charge on any atom is -0.388 e. The number of para-hydroxylation sites is 1. The van der Waals surface area contributed by atoms with Crippen molar-refractivity contribution in [3.8, 4) is 0 Å². The highest BCUT2D eigenvalue weighted by Gasteiger charge is 2.47. The Morgan fingerprint density at radius 3 is 2.56 bits per heavy atom. The summed E-state index contributed by atoms with van der Waals surface area (Å²) in [7, 11) is 0. The molecular weight excluding hydrogens is 406 g/mol. The van der Waals surface area contributed by atoms with Gasteiger partial charge in [0.2, 0.25) is 0 Å². The normalized spacial score (nSPS) is 17.8. The van der Waals surface area contributed by atoms with Crippen LogP contribution in [0.2, 0.25) is 0 Å². The lowest BCUT2D eigenvalue weighted by Crippen LogP contribution is -2.40. The molecule has 5 rings (SSSR count). The first-order chi connectivity index (χ1) is 15.5. The first-order valence-corrected chi connectivity index (χ1v) is 11.0. The van der Waals surface area contributed by atoms with Crippen LogP contribution in [0.4, 0.5) is 4.79 Å². The predicted octanol–water partition coefficient (Wildman–Crippen LogP) is 2.96. The monoisotopic (exact) mass is 431 g/mol. The molecular formula is C25H25N3O4. The van der Waals surface area contributed by atoms with Crippen LogP contribution in [-0.2, 0) is 24.3 Å². The van der Waals surface area contributed by atoms with Crippen molar-refractivity contribution >= 4 is 28.6 Å². The van der Waals surface area contributed by atoms with Crippen LogP contribution in [0.25, 0.3) is 10.9 Å². The van der Waals surface area contributed by atoms with Crippen molar-refractivity contribution < 1.29 is 19.5 Å². The molecule has 0 bridgehead atoms. The van der Waals surface area contributed by atoms with Gasteiger partial charge in [-0.1, -0.05) is 49.4 Å². The Kier molecular flexibility index (Phi) is 5.06. The number of Topliss-reactive ketones (excluding diaryl/α,β-unsaturated/α-hetero) is 1.